The first-order valence-corrected chi connectivity index (χ1v) is 10.4. The number of fused-ring (bicyclic) bond motifs is 1. The summed E-state index contributed by atoms with van der Waals surface area (Å²) in [6.07, 6.45) is 4.67. The Hall–Kier alpha value is -2.68. The molecule has 2 N–H and O–H groups in total. The van der Waals surface area contributed by atoms with E-state index in [2.05, 4.69) is 44.5 Å². The maximum atomic E-state index is 10.6. The van der Waals surface area contributed by atoms with E-state index in [9.17, 15) is 13.2 Å². The number of hydrogen-bond acceptors (Lipinski definition) is 5. The van der Waals surface area contributed by atoms with Crippen molar-refractivity contribution in [3.8, 4) is 0 Å². The molecule has 1 saturated carbocycles. The number of carboxylic acid groups (broad SMARTS) is 1. The molecule has 2 fully saturated rings. The zero-order valence-electron chi connectivity index (χ0n) is 17.1. The van der Waals surface area contributed by atoms with E-state index in [0.717, 1.165) is 30.8 Å². The van der Waals surface area contributed by atoms with Gasteiger partial charge in [0.15, 0.2) is 0 Å². The summed E-state index contributed by atoms with van der Waals surface area (Å²) in [6.45, 7) is 4.55. The van der Waals surface area contributed by atoms with Crippen LogP contribution < -0.4 is 5.32 Å². The lowest BCUT2D eigenvalue weighted by Gasteiger charge is -2.33. The van der Waals surface area contributed by atoms with Crippen LogP contribution in [0.2, 0.25) is 0 Å². The van der Waals surface area contributed by atoms with Crippen LogP contribution in [0.5, 0.6) is 0 Å². The highest BCUT2D eigenvalue weighted by Crippen LogP contribution is 2.40. The number of carbonyl (C=O) groups is 1. The van der Waals surface area contributed by atoms with Crippen LogP contribution in [0.25, 0.3) is 0 Å². The lowest BCUT2D eigenvalue weighted by molar-refractivity contribution is -0.192. The molecule has 1 aliphatic heterocycles. The van der Waals surface area contributed by atoms with Gasteiger partial charge < -0.3 is 10.4 Å². The topological polar surface area (TPSA) is 78.4 Å². The number of pyridine rings is 2. The number of likely N-dealkylation sites (tertiary alicyclic amines) is 1. The van der Waals surface area contributed by atoms with Crippen LogP contribution in [0.15, 0.2) is 48.9 Å². The molecule has 1 saturated heterocycles. The van der Waals surface area contributed by atoms with Crippen LogP contribution in [0, 0.1) is 17.8 Å². The summed E-state index contributed by atoms with van der Waals surface area (Å²) >= 11 is 0. The highest BCUT2D eigenvalue weighted by Gasteiger charge is 2.40. The van der Waals surface area contributed by atoms with Crippen LogP contribution in [0.1, 0.15) is 25.0 Å². The fourth-order valence-corrected chi connectivity index (χ4v) is 4.51. The SMILES string of the molecule is O=C(O)C(F)(F)F.c1ccc(CN2C[C@H]3CCC[C@@H](CNc4ccncc4)[C@H]3C2)nc1. The number of nitrogens with zero attached hydrogens (tertiary/aromatic N) is 3. The third-order valence-electron chi connectivity index (χ3n) is 5.93. The molecule has 0 bridgehead atoms. The van der Waals surface area contributed by atoms with Crippen molar-refractivity contribution in [2.75, 3.05) is 25.0 Å². The molecule has 31 heavy (non-hydrogen) atoms. The van der Waals surface area contributed by atoms with Gasteiger partial charge >= 0.3 is 12.1 Å². The summed E-state index contributed by atoms with van der Waals surface area (Å²) in [5.74, 6) is -0.276. The third kappa shape index (κ3) is 6.92. The number of alkyl halides is 3. The Morgan fingerprint density at radius 2 is 1.87 bits per heavy atom. The van der Waals surface area contributed by atoms with E-state index in [1.807, 2.05) is 24.7 Å². The van der Waals surface area contributed by atoms with Crippen molar-refractivity contribution in [1.82, 2.24) is 14.9 Å². The monoisotopic (exact) mass is 436 g/mol. The van der Waals surface area contributed by atoms with E-state index < -0.39 is 12.1 Å². The predicted molar refractivity (Wildman–Crippen MR) is 110 cm³/mol. The molecule has 0 radical (unpaired) electrons. The Kier molecular flexibility index (Phi) is 7.84. The van der Waals surface area contributed by atoms with E-state index in [-0.39, 0.29) is 0 Å². The summed E-state index contributed by atoms with van der Waals surface area (Å²) in [5.41, 5.74) is 2.39. The summed E-state index contributed by atoms with van der Waals surface area (Å²) in [6, 6.07) is 10.3. The zero-order valence-corrected chi connectivity index (χ0v) is 17.1. The maximum absolute atomic E-state index is 10.6. The van der Waals surface area contributed by atoms with Gasteiger partial charge in [0, 0.05) is 50.5 Å². The molecule has 0 spiro atoms. The van der Waals surface area contributed by atoms with Crippen molar-refractivity contribution in [2.45, 2.75) is 32.0 Å². The van der Waals surface area contributed by atoms with Crippen LogP contribution in [-0.4, -0.2) is 51.8 Å². The highest BCUT2D eigenvalue weighted by atomic mass is 19.4. The molecule has 3 atom stereocenters. The number of anilines is 1. The Labute approximate surface area is 179 Å². The van der Waals surface area contributed by atoms with Gasteiger partial charge in [-0.05, 0) is 54.9 Å². The lowest BCUT2D eigenvalue weighted by Crippen LogP contribution is -2.32. The van der Waals surface area contributed by atoms with E-state index in [0.29, 0.717) is 0 Å². The number of aromatic nitrogens is 2. The van der Waals surface area contributed by atoms with E-state index in [1.165, 1.54) is 43.7 Å². The predicted octanol–water partition coefficient (Wildman–Crippen LogP) is 4.07. The molecular formula is C22H27F3N4O2. The molecule has 2 aromatic rings. The number of carboxylic acids is 1. The zero-order chi connectivity index (χ0) is 22.3. The van der Waals surface area contributed by atoms with Crippen LogP contribution >= 0.6 is 0 Å². The fraction of sp³-hybridized carbons (Fsp3) is 0.500. The van der Waals surface area contributed by atoms with E-state index in [4.69, 9.17) is 9.90 Å². The first-order chi connectivity index (χ1) is 14.8. The molecule has 3 heterocycles. The standard InChI is InChI=1S/C20H26N4.C2HF3O2/c1-2-9-22-19(6-1)14-24-13-17-5-3-4-16(20(17)15-24)12-23-18-7-10-21-11-8-18;3-2(4,5)1(6)7/h1-2,6-11,16-17,20H,3-5,12-15H2,(H,21,23);(H,6,7)/t16-,17+,20+;/m0./s1. The fourth-order valence-electron chi connectivity index (χ4n) is 4.51. The Balaban J connectivity index is 0.000000339. The van der Waals surface area contributed by atoms with Crippen LogP contribution in [0.3, 0.4) is 0 Å². The average Bonchev–Trinajstić information content (AvgIpc) is 3.16. The molecule has 1 aliphatic carbocycles. The first kappa shape index (κ1) is 23.0. The molecule has 6 nitrogen and oxygen atoms in total. The minimum atomic E-state index is -5.08. The number of rotatable bonds is 5. The largest absolute Gasteiger partial charge is 0.490 e. The number of hydrogen-bond donors (Lipinski definition) is 2. The number of nitrogens with one attached hydrogen (secondary N) is 1. The van der Waals surface area contributed by atoms with Gasteiger partial charge in [-0.3, -0.25) is 14.9 Å². The van der Waals surface area contributed by atoms with Gasteiger partial charge in [0.05, 0.1) is 5.69 Å². The second-order valence-corrected chi connectivity index (χ2v) is 8.05. The van der Waals surface area contributed by atoms with E-state index in [1.54, 1.807) is 0 Å². The van der Waals surface area contributed by atoms with Crippen molar-refractivity contribution in [1.29, 1.82) is 0 Å². The van der Waals surface area contributed by atoms with E-state index >= 15 is 0 Å². The van der Waals surface area contributed by atoms with Crippen LogP contribution in [-0.2, 0) is 11.3 Å². The summed E-state index contributed by atoms with van der Waals surface area (Å²) in [7, 11) is 0. The second kappa shape index (κ2) is 10.6. The van der Waals surface area contributed by atoms with Gasteiger partial charge in [0.1, 0.15) is 0 Å². The summed E-state index contributed by atoms with van der Waals surface area (Å²) < 4.78 is 31.7. The van der Waals surface area contributed by atoms with Gasteiger partial charge in [-0.1, -0.05) is 12.5 Å². The molecular weight excluding hydrogens is 409 g/mol. The van der Waals surface area contributed by atoms with Crippen molar-refractivity contribution in [3.05, 3.63) is 54.6 Å². The second-order valence-electron chi connectivity index (χ2n) is 8.05. The Morgan fingerprint density at radius 3 is 2.52 bits per heavy atom. The van der Waals surface area contributed by atoms with Crippen molar-refractivity contribution in [2.24, 2.45) is 17.8 Å². The molecule has 0 unspecified atom stereocenters. The molecule has 0 amide bonds. The summed E-state index contributed by atoms with van der Waals surface area (Å²) in [5, 5.41) is 10.7. The first-order valence-electron chi connectivity index (χ1n) is 10.4. The number of halogens is 3. The van der Waals surface area contributed by atoms with Crippen LogP contribution in [0.4, 0.5) is 18.9 Å². The van der Waals surface area contributed by atoms with Gasteiger partial charge in [0.25, 0.3) is 0 Å². The molecule has 168 valence electrons. The summed E-state index contributed by atoms with van der Waals surface area (Å²) in [4.78, 5) is 20.1. The van der Waals surface area contributed by atoms with Crippen molar-refractivity contribution < 1.29 is 23.1 Å². The molecule has 2 aromatic heterocycles. The maximum Gasteiger partial charge on any atom is 0.490 e. The molecule has 9 heteroatoms. The minimum Gasteiger partial charge on any atom is -0.475 e. The molecule has 2 aliphatic rings. The Morgan fingerprint density at radius 1 is 1.13 bits per heavy atom. The third-order valence-corrected chi connectivity index (χ3v) is 5.93. The normalized spacial score (nSPS) is 23.4. The van der Waals surface area contributed by atoms with Gasteiger partial charge in [-0.15, -0.1) is 0 Å². The quantitative estimate of drug-likeness (QED) is 0.736. The highest BCUT2D eigenvalue weighted by molar-refractivity contribution is 5.73. The van der Waals surface area contributed by atoms with Gasteiger partial charge in [0.2, 0.25) is 0 Å². The van der Waals surface area contributed by atoms with Crippen molar-refractivity contribution in [3.63, 3.8) is 0 Å². The Bertz CT molecular complexity index is 821. The molecule has 4 rings (SSSR count). The molecule has 0 aromatic carbocycles. The number of aliphatic carboxylic acids is 1. The smallest absolute Gasteiger partial charge is 0.475 e. The minimum absolute atomic E-state index is 0.783. The van der Waals surface area contributed by atoms with Crippen molar-refractivity contribution >= 4 is 11.7 Å². The van der Waals surface area contributed by atoms with Gasteiger partial charge in [-0.2, -0.15) is 13.2 Å². The lowest BCUT2D eigenvalue weighted by atomic mass is 9.74. The van der Waals surface area contributed by atoms with Gasteiger partial charge in [-0.25, -0.2) is 4.79 Å². The average molecular weight is 436 g/mol.